The Morgan fingerprint density at radius 2 is 2.21 bits per heavy atom. The second kappa shape index (κ2) is 6.89. The molecule has 5 nitrogen and oxygen atoms in total. The molecule has 1 aromatic carbocycles. The van der Waals surface area contributed by atoms with E-state index in [0.717, 1.165) is 24.4 Å². The molecule has 0 saturated carbocycles. The van der Waals surface area contributed by atoms with Crippen molar-refractivity contribution in [2.24, 2.45) is 5.73 Å². The molecule has 1 heterocycles. The minimum Gasteiger partial charge on any atom is -0.493 e. The van der Waals surface area contributed by atoms with Crippen molar-refractivity contribution in [3.63, 3.8) is 0 Å². The molecule has 0 aliphatic carbocycles. The first-order valence-corrected chi connectivity index (χ1v) is 6.49. The predicted octanol–water partition coefficient (Wildman–Crippen LogP) is 1.89. The van der Waals surface area contributed by atoms with Crippen LogP contribution >= 0.6 is 0 Å². The highest BCUT2D eigenvalue weighted by atomic mass is 16.5. The zero-order valence-corrected chi connectivity index (χ0v) is 11.1. The quantitative estimate of drug-likeness (QED) is 0.823. The van der Waals surface area contributed by atoms with Crippen LogP contribution in [0.5, 0.6) is 5.75 Å². The first-order chi connectivity index (χ1) is 9.28. The normalized spacial score (nSPS) is 10.6. The molecule has 0 spiro atoms. The third-order valence-corrected chi connectivity index (χ3v) is 2.69. The number of benzene rings is 1. The van der Waals surface area contributed by atoms with Gasteiger partial charge in [0.05, 0.1) is 13.0 Å². The van der Waals surface area contributed by atoms with E-state index in [1.165, 1.54) is 5.56 Å². The summed E-state index contributed by atoms with van der Waals surface area (Å²) in [6, 6.07) is 7.95. The largest absolute Gasteiger partial charge is 0.493 e. The molecule has 0 fully saturated rings. The summed E-state index contributed by atoms with van der Waals surface area (Å²) in [7, 11) is 0. The SMILES string of the molecule is Cc1cccc(OCCc2nc(CCCN)no2)c1. The van der Waals surface area contributed by atoms with Crippen molar-refractivity contribution in [2.45, 2.75) is 26.2 Å². The van der Waals surface area contributed by atoms with Crippen LogP contribution in [0.2, 0.25) is 0 Å². The van der Waals surface area contributed by atoms with Crippen LogP contribution < -0.4 is 10.5 Å². The third-order valence-electron chi connectivity index (χ3n) is 2.69. The summed E-state index contributed by atoms with van der Waals surface area (Å²) in [6.45, 7) is 3.21. The summed E-state index contributed by atoms with van der Waals surface area (Å²) in [5.74, 6) is 2.19. The van der Waals surface area contributed by atoms with Crippen molar-refractivity contribution in [3.05, 3.63) is 41.5 Å². The van der Waals surface area contributed by atoms with E-state index >= 15 is 0 Å². The van der Waals surface area contributed by atoms with E-state index < -0.39 is 0 Å². The molecule has 2 N–H and O–H groups in total. The molecule has 0 aliphatic heterocycles. The van der Waals surface area contributed by atoms with Crippen molar-refractivity contribution in [1.29, 1.82) is 0 Å². The molecule has 19 heavy (non-hydrogen) atoms. The topological polar surface area (TPSA) is 74.2 Å². The lowest BCUT2D eigenvalue weighted by molar-refractivity contribution is 0.291. The van der Waals surface area contributed by atoms with Crippen molar-refractivity contribution >= 4 is 0 Å². The van der Waals surface area contributed by atoms with Gasteiger partial charge in [0.25, 0.3) is 0 Å². The predicted molar refractivity (Wildman–Crippen MR) is 72.1 cm³/mol. The maximum atomic E-state index is 5.63. The molecule has 0 unspecified atom stereocenters. The van der Waals surface area contributed by atoms with Crippen LogP contribution in [-0.2, 0) is 12.8 Å². The van der Waals surface area contributed by atoms with Crippen molar-refractivity contribution in [2.75, 3.05) is 13.2 Å². The van der Waals surface area contributed by atoms with E-state index in [9.17, 15) is 0 Å². The Labute approximate surface area is 112 Å². The maximum absolute atomic E-state index is 5.63. The summed E-state index contributed by atoms with van der Waals surface area (Å²) >= 11 is 0. The smallest absolute Gasteiger partial charge is 0.230 e. The molecule has 5 heteroatoms. The van der Waals surface area contributed by atoms with Crippen LogP contribution in [0.3, 0.4) is 0 Å². The molecule has 0 radical (unpaired) electrons. The second-order valence-corrected chi connectivity index (χ2v) is 4.41. The molecule has 0 atom stereocenters. The van der Waals surface area contributed by atoms with Gasteiger partial charge in [0.2, 0.25) is 5.89 Å². The number of hydrogen-bond donors (Lipinski definition) is 1. The Hall–Kier alpha value is -1.88. The minimum atomic E-state index is 0.530. The highest BCUT2D eigenvalue weighted by Gasteiger charge is 2.06. The summed E-state index contributed by atoms with van der Waals surface area (Å²) in [5, 5.41) is 3.90. The molecule has 2 aromatic rings. The van der Waals surface area contributed by atoms with Gasteiger partial charge in [0, 0.05) is 6.42 Å². The standard InChI is InChI=1S/C14H19N3O2/c1-11-4-2-5-12(10-11)18-9-7-14-16-13(17-19-14)6-3-8-15/h2,4-5,10H,3,6-9,15H2,1H3. The highest BCUT2D eigenvalue weighted by Crippen LogP contribution is 2.12. The second-order valence-electron chi connectivity index (χ2n) is 4.41. The van der Waals surface area contributed by atoms with Gasteiger partial charge >= 0.3 is 0 Å². The van der Waals surface area contributed by atoms with Crippen molar-refractivity contribution in [3.8, 4) is 5.75 Å². The van der Waals surface area contributed by atoms with Crippen LogP contribution in [0.15, 0.2) is 28.8 Å². The molecule has 2 rings (SSSR count). The zero-order chi connectivity index (χ0) is 13.5. The van der Waals surface area contributed by atoms with E-state index in [0.29, 0.717) is 25.5 Å². The van der Waals surface area contributed by atoms with Gasteiger partial charge in [-0.15, -0.1) is 0 Å². The molecule has 0 amide bonds. The Bertz CT molecular complexity index is 511. The van der Waals surface area contributed by atoms with Gasteiger partial charge in [-0.2, -0.15) is 4.98 Å². The summed E-state index contributed by atoms with van der Waals surface area (Å²) in [6.07, 6.45) is 2.25. The lowest BCUT2D eigenvalue weighted by Crippen LogP contribution is -2.03. The summed E-state index contributed by atoms with van der Waals surface area (Å²) in [4.78, 5) is 4.28. The van der Waals surface area contributed by atoms with Gasteiger partial charge in [-0.1, -0.05) is 17.3 Å². The fraction of sp³-hybridized carbons (Fsp3) is 0.429. The number of aromatic nitrogens is 2. The first-order valence-electron chi connectivity index (χ1n) is 6.49. The number of hydrogen-bond acceptors (Lipinski definition) is 5. The van der Waals surface area contributed by atoms with Crippen LogP contribution in [0, 0.1) is 6.92 Å². The molecule has 0 bridgehead atoms. The Morgan fingerprint density at radius 1 is 1.32 bits per heavy atom. The monoisotopic (exact) mass is 261 g/mol. The molecule has 1 aromatic heterocycles. The average Bonchev–Trinajstić information content (AvgIpc) is 2.84. The van der Waals surface area contributed by atoms with Gasteiger partial charge < -0.3 is 15.0 Å². The number of rotatable bonds is 7. The zero-order valence-electron chi connectivity index (χ0n) is 11.1. The van der Waals surface area contributed by atoms with E-state index in [2.05, 4.69) is 10.1 Å². The average molecular weight is 261 g/mol. The van der Waals surface area contributed by atoms with Gasteiger partial charge in [0.15, 0.2) is 5.82 Å². The van der Waals surface area contributed by atoms with Gasteiger partial charge in [-0.25, -0.2) is 0 Å². The lowest BCUT2D eigenvalue weighted by atomic mass is 10.2. The molecule has 0 aliphatic rings. The van der Waals surface area contributed by atoms with Gasteiger partial charge in [0.1, 0.15) is 5.75 Å². The lowest BCUT2D eigenvalue weighted by Gasteiger charge is -2.04. The van der Waals surface area contributed by atoms with E-state index in [4.69, 9.17) is 15.0 Å². The van der Waals surface area contributed by atoms with E-state index in [1.807, 2.05) is 31.2 Å². The number of nitrogens with zero attached hydrogens (tertiary/aromatic N) is 2. The number of nitrogens with two attached hydrogens (primary N) is 1. The van der Waals surface area contributed by atoms with E-state index in [-0.39, 0.29) is 0 Å². The van der Waals surface area contributed by atoms with Crippen LogP contribution in [-0.4, -0.2) is 23.3 Å². The van der Waals surface area contributed by atoms with Crippen molar-refractivity contribution < 1.29 is 9.26 Å². The van der Waals surface area contributed by atoms with Crippen LogP contribution in [0.25, 0.3) is 0 Å². The van der Waals surface area contributed by atoms with Gasteiger partial charge in [-0.05, 0) is 37.6 Å². The first kappa shape index (κ1) is 13.5. The van der Waals surface area contributed by atoms with Crippen molar-refractivity contribution in [1.82, 2.24) is 10.1 Å². The number of ether oxygens (including phenoxy) is 1. The fourth-order valence-electron chi connectivity index (χ4n) is 1.71. The highest BCUT2D eigenvalue weighted by molar-refractivity contribution is 5.27. The Balaban J connectivity index is 1.77. The Morgan fingerprint density at radius 3 is 3.00 bits per heavy atom. The third kappa shape index (κ3) is 4.37. The molecular formula is C14H19N3O2. The molecular weight excluding hydrogens is 242 g/mol. The maximum Gasteiger partial charge on any atom is 0.230 e. The van der Waals surface area contributed by atoms with Gasteiger partial charge in [-0.3, -0.25) is 0 Å². The minimum absolute atomic E-state index is 0.530. The number of aryl methyl sites for hydroxylation is 2. The van der Waals surface area contributed by atoms with Crippen LogP contribution in [0.4, 0.5) is 0 Å². The summed E-state index contributed by atoms with van der Waals surface area (Å²) < 4.78 is 10.8. The summed E-state index contributed by atoms with van der Waals surface area (Å²) in [5.41, 5.74) is 6.61. The van der Waals surface area contributed by atoms with Crippen LogP contribution in [0.1, 0.15) is 23.7 Å². The molecule has 0 saturated heterocycles. The van der Waals surface area contributed by atoms with E-state index in [1.54, 1.807) is 0 Å². The fourth-order valence-corrected chi connectivity index (χ4v) is 1.71. The molecule has 102 valence electrons. The Kier molecular flexibility index (Phi) is 4.92.